The molecule has 0 spiro atoms. The molecule has 20 heavy (non-hydrogen) atoms. The van der Waals surface area contributed by atoms with Crippen molar-refractivity contribution in [3.63, 3.8) is 0 Å². The normalized spacial score (nSPS) is 12.4. The average molecular weight is 304 g/mol. The standard InChI is InChI=1S/C11H20N4O4S/c1-5-7-9(20(12,17)18)8(15-14-7)10(16)13-11(2,3)6-19-4/h5-6H2,1-4H3,(H,13,16)(H,14,15)(H2,12,17,18). The maximum absolute atomic E-state index is 12.2. The number of nitrogens with one attached hydrogen (secondary N) is 2. The van der Waals surface area contributed by atoms with Gasteiger partial charge in [0.1, 0.15) is 4.90 Å². The fraction of sp³-hybridized carbons (Fsp3) is 0.636. The van der Waals surface area contributed by atoms with E-state index >= 15 is 0 Å². The Morgan fingerprint density at radius 2 is 2.10 bits per heavy atom. The number of nitrogens with zero attached hydrogens (tertiary/aromatic N) is 1. The van der Waals surface area contributed by atoms with Crippen LogP contribution in [0.2, 0.25) is 0 Å². The van der Waals surface area contributed by atoms with E-state index in [9.17, 15) is 13.2 Å². The number of rotatable bonds is 6. The van der Waals surface area contributed by atoms with Crippen LogP contribution in [0, 0.1) is 0 Å². The average Bonchev–Trinajstić information content (AvgIpc) is 2.71. The first-order valence-electron chi connectivity index (χ1n) is 6.04. The van der Waals surface area contributed by atoms with E-state index in [1.54, 1.807) is 20.8 Å². The molecule has 9 heteroatoms. The van der Waals surface area contributed by atoms with Gasteiger partial charge in [0.15, 0.2) is 5.69 Å². The third-order valence-corrected chi connectivity index (χ3v) is 3.61. The van der Waals surface area contributed by atoms with E-state index in [-0.39, 0.29) is 17.2 Å². The van der Waals surface area contributed by atoms with Crippen molar-refractivity contribution in [2.45, 2.75) is 37.6 Å². The Morgan fingerprint density at radius 1 is 1.50 bits per heavy atom. The van der Waals surface area contributed by atoms with Crippen LogP contribution >= 0.6 is 0 Å². The van der Waals surface area contributed by atoms with Crippen molar-refractivity contribution in [1.29, 1.82) is 0 Å². The molecule has 0 saturated heterocycles. The summed E-state index contributed by atoms with van der Waals surface area (Å²) in [5.74, 6) is -0.618. The maximum atomic E-state index is 12.2. The zero-order valence-corrected chi connectivity index (χ0v) is 12.8. The van der Waals surface area contributed by atoms with Crippen molar-refractivity contribution in [1.82, 2.24) is 15.5 Å². The number of carbonyl (C=O) groups is 1. The van der Waals surface area contributed by atoms with Gasteiger partial charge in [-0.15, -0.1) is 0 Å². The first-order valence-corrected chi connectivity index (χ1v) is 7.58. The van der Waals surface area contributed by atoms with Crippen LogP contribution < -0.4 is 10.5 Å². The van der Waals surface area contributed by atoms with Gasteiger partial charge in [0.05, 0.1) is 17.8 Å². The molecule has 0 saturated carbocycles. The SMILES string of the molecule is CCc1[nH]nc(C(=O)NC(C)(C)COC)c1S(N)(=O)=O. The molecule has 0 bridgehead atoms. The Hall–Kier alpha value is -1.45. The number of aryl methyl sites for hydroxylation is 1. The minimum atomic E-state index is -4.03. The van der Waals surface area contributed by atoms with E-state index in [0.29, 0.717) is 12.1 Å². The van der Waals surface area contributed by atoms with Crippen molar-refractivity contribution in [2.24, 2.45) is 5.14 Å². The highest BCUT2D eigenvalue weighted by molar-refractivity contribution is 7.89. The molecular formula is C11H20N4O4S. The maximum Gasteiger partial charge on any atom is 0.273 e. The van der Waals surface area contributed by atoms with Crippen LogP contribution in [0.5, 0.6) is 0 Å². The van der Waals surface area contributed by atoms with Crippen molar-refractivity contribution in [3.05, 3.63) is 11.4 Å². The Morgan fingerprint density at radius 3 is 2.55 bits per heavy atom. The molecule has 0 aliphatic carbocycles. The zero-order valence-electron chi connectivity index (χ0n) is 12.0. The number of aromatic nitrogens is 2. The van der Waals surface area contributed by atoms with Gasteiger partial charge in [-0.05, 0) is 20.3 Å². The highest BCUT2D eigenvalue weighted by Crippen LogP contribution is 2.18. The second kappa shape index (κ2) is 5.90. The second-order valence-corrected chi connectivity index (χ2v) is 6.55. The van der Waals surface area contributed by atoms with Gasteiger partial charge in [-0.25, -0.2) is 13.6 Å². The zero-order chi connectivity index (χ0) is 15.6. The second-order valence-electron chi connectivity index (χ2n) is 5.05. The van der Waals surface area contributed by atoms with Gasteiger partial charge in [0.25, 0.3) is 5.91 Å². The van der Waals surface area contributed by atoms with Gasteiger partial charge in [-0.2, -0.15) is 5.10 Å². The summed E-state index contributed by atoms with van der Waals surface area (Å²) >= 11 is 0. The van der Waals surface area contributed by atoms with E-state index in [2.05, 4.69) is 15.5 Å². The molecule has 0 aliphatic heterocycles. The van der Waals surface area contributed by atoms with Crippen LogP contribution in [0.25, 0.3) is 0 Å². The number of H-pyrrole nitrogens is 1. The lowest BCUT2D eigenvalue weighted by Gasteiger charge is -2.24. The molecule has 114 valence electrons. The summed E-state index contributed by atoms with van der Waals surface area (Å²) in [6.07, 6.45) is 0.369. The lowest BCUT2D eigenvalue weighted by atomic mass is 10.1. The monoisotopic (exact) mass is 304 g/mol. The summed E-state index contributed by atoms with van der Waals surface area (Å²) in [4.78, 5) is 11.9. The van der Waals surface area contributed by atoms with Gasteiger partial charge >= 0.3 is 0 Å². The molecule has 0 atom stereocenters. The Bertz CT molecular complexity index is 592. The third-order valence-electron chi connectivity index (χ3n) is 2.60. The summed E-state index contributed by atoms with van der Waals surface area (Å²) in [7, 11) is -2.52. The summed E-state index contributed by atoms with van der Waals surface area (Å²) < 4.78 is 28.2. The van der Waals surface area contributed by atoms with E-state index in [1.807, 2.05) is 0 Å². The number of amides is 1. The lowest BCUT2D eigenvalue weighted by Crippen LogP contribution is -2.47. The lowest BCUT2D eigenvalue weighted by molar-refractivity contribution is 0.0812. The molecule has 0 fully saturated rings. The molecular weight excluding hydrogens is 284 g/mol. The fourth-order valence-corrected chi connectivity index (χ4v) is 2.77. The Balaban J connectivity index is 3.15. The van der Waals surface area contributed by atoms with E-state index in [4.69, 9.17) is 9.88 Å². The smallest absolute Gasteiger partial charge is 0.273 e. The largest absolute Gasteiger partial charge is 0.382 e. The quantitative estimate of drug-likeness (QED) is 0.669. The molecule has 1 heterocycles. The highest BCUT2D eigenvalue weighted by Gasteiger charge is 2.29. The number of hydrogen-bond acceptors (Lipinski definition) is 5. The van der Waals surface area contributed by atoms with Gasteiger partial charge in [0.2, 0.25) is 10.0 Å². The summed E-state index contributed by atoms with van der Waals surface area (Å²) in [5.41, 5.74) is -0.581. The number of sulfonamides is 1. The number of aromatic amines is 1. The predicted octanol–water partition coefficient (Wildman–Crippen LogP) is -0.226. The molecule has 1 aromatic rings. The summed E-state index contributed by atoms with van der Waals surface area (Å²) in [5, 5.41) is 14.1. The minimum absolute atomic E-state index is 0.228. The molecule has 4 N–H and O–H groups in total. The number of nitrogens with two attached hydrogens (primary N) is 1. The number of primary sulfonamides is 1. The van der Waals surface area contributed by atoms with E-state index in [0.717, 1.165) is 0 Å². The van der Waals surface area contributed by atoms with Crippen LogP contribution in [-0.2, 0) is 21.2 Å². The Labute approximate surface area is 118 Å². The first kappa shape index (κ1) is 16.6. The molecule has 1 amide bonds. The van der Waals surface area contributed by atoms with Gasteiger partial charge in [0, 0.05) is 7.11 Å². The molecule has 0 radical (unpaired) electrons. The molecule has 0 aromatic carbocycles. The minimum Gasteiger partial charge on any atom is -0.382 e. The van der Waals surface area contributed by atoms with Crippen LogP contribution in [0.15, 0.2) is 4.90 Å². The molecule has 1 rings (SSSR count). The molecule has 1 aromatic heterocycles. The number of hydrogen-bond donors (Lipinski definition) is 3. The van der Waals surface area contributed by atoms with Gasteiger partial charge in [-0.3, -0.25) is 9.89 Å². The van der Waals surface area contributed by atoms with Crippen LogP contribution in [0.1, 0.15) is 37.0 Å². The predicted molar refractivity (Wildman–Crippen MR) is 72.8 cm³/mol. The first-order chi connectivity index (χ1) is 9.12. The van der Waals surface area contributed by atoms with Crippen molar-refractivity contribution in [3.8, 4) is 0 Å². The number of methoxy groups -OCH3 is 1. The van der Waals surface area contributed by atoms with E-state index < -0.39 is 21.5 Å². The highest BCUT2D eigenvalue weighted by atomic mass is 32.2. The van der Waals surface area contributed by atoms with Gasteiger partial charge in [-0.1, -0.05) is 6.92 Å². The Kier molecular flexibility index (Phi) is 4.90. The van der Waals surface area contributed by atoms with Crippen molar-refractivity contribution >= 4 is 15.9 Å². The molecule has 8 nitrogen and oxygen atoms in total. The van der Waals surface area contributed by atoms with E-state index in [1.165, 1.54) is 7.11 Å². The van der Waals surface area contributed by atoms with Crippen LogP contribution in [0.3, 0.4) is 0 Å². The molecule has 0 aliphatic rings. The summed E-state index contributed by atoms with van der Waals surface area (Å²) in [6.45, 7) is 5.50. The third kappa shape index (κ3) is 3.78. The van der Waals surface area contributed by atoms with Crippen LogP contribution in [0.4, 0.5) is 0 Å². The van der Waals surface area contributed by atoms with Crippen LogP contribution in [-0.4, -0.2) is 43.8 Å². The number of carbonyl (C=O) groups excluding carboxylic acids is 1. The summed E-state index contributed by atoms with van der Waals surface area (Å²) in [6, 6.07) is 0. The van der Waals surface area contributed by atoms with Crippen molar-refractivity contribution < 1.29 is 17.9 Å². The molecule has 0 unspecified atom stereocenters. The van der Waals surface area contributed by atoms with Gasteiger partial charge < -0.3 is 10.1 Å². The fourth-order valence-electron chi connectivity index (χ4n) is 1.83. The number of ether oxygens (including phenoxy) is 1. The topological polar surface area (TPSA) is 127 Å². The van der Waals surface area contributed by atoms with Crippen molar-refractivity contribution in [2.75, 3.05) is 13.7 Å².